The fraction of sp³-hybridized carbons (Fsp3) is 0.435. The molecule has 3 heteroatoms. The number of para-hydroxylation sites is 2. The van der Waals surface area contributed by atoms with Gasteiger partial charge in [0.2, 0.25) is 0 Å². The van der Waals surface area contributed by atoms with Crippen molar-refractivity contribution in [1.29, 1.82) is 0 Å². The SMILES string of the molecule is c1ccc(CC2CC3CCC2CCN3Cc2nc3ccccc3[nH]2)cc1. The summed E-state index contributed by atoms with van der Waals surface area (Å²) in [5, 5.41) is 0. The van der Waals surface area contributed by atoms with Gasteiger partial charge in [-0.2, -0.15) is 0 Å². The van der Waals surface area contributed by atoms with E-state index in [2.05, 4.69) is 64.5 Å². The smallest absolute Gasteiger partial charge is 0.121 e. The zero-order valence-corrected chi connectivity index (χ0v) is 15.3. The van der Waals surface area contributed by atoms with Gasteiger partial charge in [-0.05, 0) is 68.2 Å². The molecule has 0 radical (unpaired) electrons. The van der Waals surface area contributed by atoms with Crippen molar-refractivity contribution in [3.8, 4) is 0 Å². The van der Waals surface area contributed by atoms with Gasteiger partial charge in [0.15, 0.2) is 0 Å². The van der Waals surface area contributed by atoms with Crippen molar-refractivity contribution in [1.82, 2.24) is 14.9 Å². The molecule has 3 aromatic rings. The van der Waals surface area contributed by atoms with E-state index in [0.717, 1.165) is 41.3 Å². The van der Waals surface area contributed by atoms with E-state index >= 15 is 0 Å². The van der Waals surface area contributed by atoms with Crippen LogP contribution in [0.15, 0.2) is 54.6 Å². The maximum Gasteiger partial charge on any atom is 0.121 e. The number of rotatable bonds is 4. The number of hydrogen-bond donors (Lipinski definition) is 1. The van der Waals surface area contributed by atoms with Gasteiger partial charge >= 0.3 is 0 Å². The first-order chi connectivity index (χ1) is 12.8. The summed E-state index contributed by atoms with van der Waals surface area (Å²) >= 11 is 0. The van der Waals surface area contributed by atoms with Gasteiger partial charge in [0.1, 0.15) is 5.82 Å². The summed E-state index contributed by atoms with van der Waals surface area (Å²) < 4.78 is 0. The molecular weight excluding hydrogens is 318 g/mol. The Morgan fingerprint density at radius 1 is 0.962 bits per heavy atom. The van der Waals surface area contributed by atoms with Gasteiger partial charge in [0.25, 0.3) is 0 Å². The van der Waals surface area contributed by atoms with Crippen molar-refractivity contribution >= 4 is 11.0 Å². The van der Waals surface area contributed by atoms with Gasteiger partial charge in [0.05, 0.1) is 17.6 Å². The van der Waals surface area contributed by atoms with Gasteiger partial charge in [0, 0.05) is 6.04 Å². The van der Waals surface area contributed by atoms with Crippen molar-refractivity contribution in [2.24, 2.45) is 11.8 Å². The summed E-state index contributed by atoms with van der Waals surface area (Å²) in [7, 11) is 0. The van der Waals surface area contributed by atoms with Gasteiger partial charge in [-0.15, -0.1) is 0 Å². The standard InChI is InChI=1S/C23H27N3/c1-2-6-17(7-3-1)14-19-15-20-11-10-18(19)12-13-26(20)16-23-24-21-8-4-5-9-22(21)25-23/h1-9,18-20H,10-16H2,(H,24,25). The molecule has 2 aliphatic heterocycles. The Labute approximate surface area is 155 Å². The number of nitrogens with zero attached hydrogens (tertiary/aromatic N) is 2. The third-order valence-corrected chi connectivity index (χ3v) is 6.55. The van der Waals surface area contributed by atoms with E-state index < -0.39 is 0 Å². The molecule has 6 rings (SSSR count). The van der Waals surface area contributed by atoms with E-state index in [1.807, 2.05) is 0 Å². The molecule has 2 bridgehead atoms. The van der Waals surface area contributed by atoms with E-state index in [1.54, 1.807) is 0 Å². The lowest BCUT2D eigenvalue weighted by Crippen LogP contribution is -2.37. The maximum absolute atomic E-state index is 4.81. The second-order valence-corrected chi connectivity index (χ2v) is 8.14. The molecule has 3 heterocycles. The van der Waals surface area contributed by atoms with Crippen LogP contribution in [-0.2, 0) is 13.0 Å². The average Bonchev–Trinajstić information content (AvgIpc) is 2.91. The van der Waals surface area contributed by atoms with Crippen LogP contribution in [0.3, 0.4) is 0 Å². The highest BCUT2D eigenvalue weighted by Crippen LogP contribution is 2.40. The Hall–Kier alpha value is -2.13. The van der Waals surface area contributed by atoms with E-state index in [1.165, 1.54) is 44.2 Å². The normalized spacial score (nSPS) is 26.2. The molecule has 3 unspecified atom stereocenters. The molecule has 3 atom stereocenters. The number of fused-ring (bicyclic) bond motifs is 5. The second-order valence-electron chi connectivity index (χ2n) is 8.14. The lowest BCUT2D eigenvalue weighted by atomic mass is 9.74. The minimum atomic E-state index is 0.718. The Bertz CT molecular complexity index is 836. The topological polar surface area (TPSA) is 31.9 Å². The number of H-pyrrole nitrogens is 1. The van der Waals surface area contributed by atoms with Crippen LogP contribution in [0.25, 0.3) is 11.0 Å². The van der Waals surface area contributed by atoms with Crippen molar-refractivity contribution in [2.45, 2.75) is 44.7 Å². The number of aromatic nitrogens is 2. The van der Waals surface area contributed by atoms with Crippen molar-refractivity contribution in [3.05, 3.63) is 66.0 Å². The Morgan fingerprint density at radius 2 is 1.81 bits per heavy atom. The number of hydrogen-bond acceptors (Lipinski definition) is 2. The second kappa shape index (κ2) is 6.88. The molecule has 2 saturated heterocycles. The average molecular weight is 345 g/mol. The molecule has 1 aromatic heterocycles. The zero-order valence-electron chi connectivity index (χ0n) is 15.3. The van der Waals surface area contributed by atoms with Crippen LogP contribution in [0.2, 0.25) is 0 Å². The van der Waals surface area contributed by atoms with Crippen LogP contribution in [0, 0.1) is 11.8 Å². The zero-order chi connectivity index (χ0) is 17.3. The summed E-state index contributed by atoms with van der Waals surface area (Å²) in [6, 6.07) is 20.1. The molecule has 0 spiro atoms. The van der Waals surface area contributed by atoms with E-state index in [4.69, 9.17) is 4.98 Å². The highest BCUT2D eigenvalue weighted by molar-refractivity contribution is 5.74. The fourth-order valence-electron chi connectivity index (χ4n) is 5.18. The highest BCUT2D eigenvalue weighted by Gasteiger charge is 2.37. The third kappa shape index (κ3) is 3.16. The molecule has 3 fully saturated rings. The molecule has 26 heavy (non-hydrogen) atoms. The van der Waals surface area contributed by atoms with Crippen LogP contribution in [0.5, 0.6) is 0 Å². The van der Waals surface area contributed by atoms with Crippen LogP contribution < -0.4 is 0 Å². The predicted molar refractivity (Wildman–Crippen MR) is 106 cm³/mol. The summed E-state index contributed by atoms with van der Waals surface area (Å²) in [4.78, 5) is 11.0. The molecule has 2 aromatic carbocycles. The molecule has 134 valence electrons. The molecule has 1 N–H and O–H groups in total. The third-order valence-electron chi connectivity index (χ3n) is 6.55. The van der Waals surface area contributed by atoms with Gasteiger partial charge in [-0.1, -0.05) is 42.5 Å². The van der Waals surface area contributed by atoms with E-state index in [-0.39, 0.29) is 0 Å². The Morgan fingerprint density at radius 3 is 2.69 bits per heavy atom. The molecule has 1 saturated carbocycles. The molecular formula is C23H27N3. The maximum atomic E-state index is 4.81. The largest absolute Gasteiger partial charge is 0.341 e. The summed E-state index contributed by atoms with van der Waals surface area (Å²) in [5.41, 5.74) is 3.75. The van der Waals surface area contributed by atoms with Crippen molar-refractivity contribution < 1.29 is 0 Å². The Kier molecular flexibility index (Phi) is 4.25. The highest BCUT2D eigenvalue weighted by atomic mass is 15.2. The Balaban J connectivity index is 1.31. The summed E-state index contributed by atoms with van der Waals surface area (Å²) in [5.74, 6) is 2.86. The quantitative estimate of drug-likeness (QED) is 0.737. The van der Waals surface area contributed by atoms with Gasteiger partial charge < -0.3 is 4.98 Å². The molecule has 3 nitrogen and oxygen atoms in total. The van der Waals surface area contributed by atoms with E-state index in [0.29, 0.717) is 0 Å². The van der Waals surface area contributed by atoms with Crippen molar-refractivity contribution in [2.75, 3.05) is 6.54 Å². The molecule has 1 aliphatic carbocycles. The number of imidazole rings is 1. The fourth-order valence-corrected chi connectivity index (χ4v) is 5.18. The van der Waals surface area contributed by atoms with Crippen LogP contribution in [-0.4, -0.2) is 27.5 Å². The van der Waals surface area contributed by atoms with Crippen molar-refractivity contribution in [3.63, 3.8) is 0 Å². The number of aromatic amines is 1. The summed E-state index contributed by atoms with van der Waals surface area (Å²) in [6.45, 7) is 2.18. The molecule has 3 aliphatic rings. The van der Waals surface area contributed by atoms with Crippen LogP contribution in [0.1, 0.15) is 37.1 Å². The van der Waals surface area contributed by atoms with Gasteiger partial charge in [-0.3, -0.25) is 4.90 Å². The first kappa shape index (κ1) is 16.1. The predicted octanol–water partition coefficient (Wildman–Crippen LogP) is 4.80. The minimum Gasteiger partial charge on any atom is -0.341 e. The van der Waals surface area contributed by atoms with Gasteiger partial charge in [-0.25, -0.2) is 4.98 Å². The minimum absolute atomic E-state index is 0.718. The van der Waals surface area contributed by atoms with Crippen LogP contribution in [0.4, 0.5) is 0 Å². The summed E-state index contributed by atoms with van der Waals surface area (Å²) in [6.07, 6.45) is 6.70. The van der Waals surface area contributed by atoms with E-state index in [9.17, 15) is 0 Å². The lowest BCUT2D eigenvalue weighted by Gasteiger charge is -2.35. The lowest BCUT2D eigenvalue weighted by molar-refractivity contribution is 0.145. The molecule has 0 amide bonds. The number of nitrogens with one attached hydrogen (secondary N) is 1. The monoisotopic (exact) mass is 345 g/mol. The van der Waals surface area contributed by atoms with Crippen LogP contribution >= 0.6 is 0 Å². The number of benzene rings is 2. The first-order valence-corrected chi connectivity index (χ1v) is 10.1. The first-order valence-electron chi connectivity index (χ1n) is 10.1.